The minimum atomic E-state index is 0. The van der Waals surface area contributed by atoms with Crippen LogP contribution in [0.5, 0.6) is 0 Å². The van der Waals surface area contributed by atoms with E-state index in [1.165, 1.54) is 0 Å². The number of nitrogens with one attached hydrogen (secondary N) is 2. The molecule has 3 aromatic heterocycles. The van der Waals surface area contributed by atoms with Crippen LogP contribution in [0.4, 0.5) is 0 Å². The van der Waals surface area contributed by atoms with Gasteiger partial charge in [-0.15, -0.1) is 0 Å². The number of rotatable bonds is 0. The third kappa shape index (κ3) is 3.20. The van der Waals surface area contributed by atoms with Crippen LogP contribution in [0.15, 0.2) is 48.5 Å². The second kappa shape index (κ2) is 6.20. The van der Waals surface area contributed by atoms with Crippen LogP contribution in [0.3, 0.4) is 0 Å². The van der Waals surface area contributed by atoms with Crippen molar-refractivity contribution in [2.45, 2.75) is 0 Å². The summed E-state index contributed by atoms with van der Waals surface area (Å²) >= 11 is 0. The molecule has 122 valence electrons. The smallest absolute Gasteiger partial charge is 0.0659 e. The first-order valence-corrected chi connectivity index (χ1v) is 7.76. The Morgan fingerprint density at radius 1 is 0.600 bits per heavy atom. The van der Waals surface area contributed by atoms with Crippen LogP contribution < -0.4 is 0 Å². The molecule has 5 rings (SSSR count). The Bertz CT molecular complexity index is 1220. The van der Waals surface area contributed by atoms with E-state index in [2.05, 4.69) is 19.9 Å². The first-order valence-electron chi connectivity index (χ1n) is 8.26. The van der Waals surface area contributed by atoms with Crippen molar-refractivity contribution in [1.29, 1.82) is 0 Å². The van der Waals surface area contributed by atoms with Crippen LogP contribution in [0.2, 0.25) is 0 Å². The fraction of sp³-hybridized carbons (Fsp3) is 0. The molecule has 3 aromatic rings. The molecule has 25 heavy (non-hydrogen) atoms. The van der Waals surface area contributed by atoms with E-state index in [0.717, 1.165) is 44.8 Å². The monoisotopic (exact) mass is 367 g/mol. The molecular weight excluding hydrogens is 352 g/mol. The normalized spacial score (nSPS) is 12.7. The van der Waals surface area contributed by atoms with Crippen LogP contribution >= 0.6 is 0 Å². The quantitative estimate of drug-likeness (QED) is 0.392. The van der Waals surface area contributed by atoms with Gasteiger partial charge in [0.05, 0.1) is 24.1 Å². The summed E-state index contributed by atoms with van der Waals surface area (Å²) in [6.07, 6.45) is 7.91. The maximum atomic E-state index is 8.15. The molecule has 2 aliphatic heterocycles. The molecule has 5 heterocycles. The van der Waals surface area contributed by atoms with E-state index in [-0.39, 0.29) is 17.1 Å². The van der Waals surface area contributed by atoms with E-state index in [1.54, 1.807) is 0 Å². The molecule has 0 aromatic carbocycles. The Morgan fingerprint density at radius 3 is 1.72 bits per heavy atom. The summed E-state index contributed by atoms with van der Waals surface area (Å²) in [5, 5.41) is 0. The number of H-pyrrole nitrogens is 2. The Morgan fingerprint density at radius 2 is 1.08 bits per heavy atom. The fourth-order valence-electron chi connectivity index (χ4n) is 2.87. The van der Waals surface area contributed by atoms with Crippen molar-refractivity contribution in [3.63, 3.8) is 0 Å². The van der Waals surface area contributed by atoms with Gasteiger partial charge in [-0.25, -0.2) is 9.97 Å². The Hall–Kier alpha value is -2.88. The van der Waals surface area contributed by atoms with Crippen LogP contribution in [0.25, 0.3) is 46.4 Å². The number of nitrogens with zero attached hydrogens (tertiary/aromatic N) is 2. The molecular formula is C20H14FeN4. The van der Waals surface area contributed by atoms with Gasteiger partial charge in [-0.2, -0.15) is 0 Å². The summed E-state index contributed by atoms with van der Waals surface area (Å²) in [6.45, 7) is 0. The molecule has 2 aliphatic rings. The third-order valence-electron chi connectivity index (χ3n) is 3.96. The van der Waals surface area contributed by atoms with Gasteiger partial charge in [0.25, 0.3) is 0 Å². The first-order chi connectivity index (χ1) is 12.2. The third-order valence-corrected chi connectivity index (χ3v) is 3.96. The largest absolute Gasteiger partial charge is 0.355 e. The Labute approximate surface area is 156 Å². The van der Waals surface area contributed by atoms with Gasteiger partial charge < -0.3 is 9.97 Å². The van der Waals surface area contributed by atoms with E-state index in [1.807, 2.05) is 66.8 Å². The van der Waals surface area contributed by atoms with E-state index in [9.17, 15) is 0 Å². The number of hydrogen-bond acceptors (Lipinski definition) is 2. The average molecular weight is 367 g/mol. The van der Waals surface area contributed by atoms with Crippen LogP contribution in [0.1, 0.15) is 24.1 Å². The van der Waals surface area contributed by atoms with Crippen molar-refractivity contribution in [2.75, 3.05) is 0 Å². The van der Waals surface area contributed by atoms with E-state index in [0.29, 0.717) is 6.04 Å². The van der Waals surface area contributed by atoms with Crippen LogP contribution in [0, 0.1) is 0 Å². The molecule has 0 atom stereocenters. The van der Waals surface area contributed by atoms with Crippen molar-refractivity contribution in [2.24, 2.45) is 0 Å². The zero-order valence-corrected chi connectivity index (χ0v) is 14.2. The Kier molecular flexibility index (Phi) is 3.59. The van der Waals surface area contributed by atoms with Gasteiger partial charge in [0, 0.05) is 39.1 Å². The average Bonchev–Trinajstić information content (AvgIpc) is 3.33. The van der Waals surface area contributed by atoms with Crippen molar-refractivity contribution in [1.82, 2.24) is 19.9 Å². The maximum Gasteiger partial charge on any atom is 0.0659 e. The zero-order chi connectivity index (χ0) is 16.8. The van der Waals surface area contributed by atoms with Gasteiger partial charge in [0.15, 0.2) is 0 Å². The molecule has 0 aliphatic carbocycles. The SMILES string of the molecule is [2H]c1cc2cc3nc(cc4nc(cc5ccc(cc1[nH]2)[nH]5)C=C4)C=C3.[Fe]. The predicted octanol–water partition coefficient (Wildman–Crippen LogP) is 4.65. The van der Waals surface area contributed by atoms with Gasteiger partial charge in [-0.1, -0.05) is 0 Å². The standard InChI is InChI=1S/C20H14N4.Fe/c1-2-14-10-16-5-6-18(23-16)12-20-8-7-19(24-20)11-17-4-3-15(22-17)9-13(1)21-14;/h1-12,21-22H;/i1D;. The second-order valence-electron chi connectivity index (χ2n) is 5.82. The van der Waals surface area contributed by atoms with Crippen molar-refractivity contribution in [3.8, 4) is 0 Å². The summed E-state index contributed by atoms with van der Waals surface area (Å²) in [5.41, 5.74) is 7.04. The van der Waals surface area contributed by atoms with Gasteiger partial charge in [-0.3, -0.25) is 0 Å². The summed E-state index contributed by atoms with van der Waals surface area (Å²) in [6, 6.07) is 14.1. The molecule has 0 unspecified atom stereocenters. The van der Waals surface area contributed by atoms with Crippen LogP contribution in [-0.4, -0.2) is 19.9 Å². The molecule has 8 bridgehead atoms. The molecule has 5 heteroatoms. The molecule has 4 nitrogen and oxygen atoms in total. The van der Waals surface area contributed by atoms with Crippen molar-refractivity contribution in [3.05, 3.63) is 71.3 Å². The van der Waals surface area contributed by atoms with Crippen molar-refractivity contribution < 1.29 is 18.4 Å². The Balaban J connectivity index is 0.00000168. The minimum absolute atomic E-state index is 0. The van der Waals surface area contributed by atoms with Crippen molar-refractivity contribution >= 4 is 46.4 Å². The van der Waals surface area contributed by atoms with E-state index < -0.39 is 0 Å². The molecule has 0 amide bonds. The predicted molar refractivity (Wildman–Crippen MR) is 98.9 cm³/mol. The molecule has 0 saturated heterocycles. The van der Waals surface area contributed by atoms with Gasteiger partial charge in [0.2, 0.25) is 0 Å². The molecule has 0 spiro atoms. The summed E-state index contributed by atoms with van der Waals surface area (Å²) in [5.74, 6) is 0. The first kappa shape index (κ1) is 14.5. The van der Waals surface area contributed by atoms with Gasteiger partial charge in [-0.05, 0) is 72.8 Å². The number of hydrogen-bond donors (Lipinski definition) is 2. The molecule has 0 saturated carbocycles. The number of aromatic nitrogens is 4. The summed E-state index contributed by atoms with van der Waals surface area (Å²) < 4.78 is 8.15. The fourth-order valence-corrected chi connectivity index (χ4v) is 2.87. The molecule has 2 N–H and O–H groups in total. The van der Waals surface area contributed by atoms with E-state index >= 15 is 0 Å². The topological polar surface area (TPSA) is 57.4 Å². The molecule has 0 radical (unpaired) electrons. The van der Waals surface area contributed by atoms with Gasteiger partial charge in [0.1, 0.15) is 0 Å². The number of fused-ring (bicyclic) bond motifs is 8. The number of aromatic amines is 2. The molecule has 0 fully saturated rings. The van der Waals surface area contributed by atoms with Crippen LogP contribution in [-0.2, 0) is 17.1 Å². The van der Waals surface area contributed by atoms with Gasteiger partial charge >= 0.3 is 0 Å². The second-order valence-corrected chi connectivity index (χ2v) is 5.82. The summed E-state index contributed by atoms with van der Waals surface area (Å²) in [4.78, 5) is 15.8. The van der Waals surface area contributed by atoms with E-state index in [4.69, 9.17) is 1.37 Å². The minimum Gasteiger partial charge on any atom is -0.355 e. The zero-order valence-electron chi connectivity index (χ0n) is 14.1. The maximum absolute atomic E-state index is 8.15. The summed E-state index contributed by atoms with van der Waals surface area (Å²) in [7, 11) is 0.